The third-order valence-corrected chi connectivity index (χ3v) is 1.96. The lowest BCUT2D eigenvalue weighted by atomic mass is 10.2. The van der Waals surface area contributed by atoms with Gasteiger partial charge in [0.15, 0.2) is 5.56 Å². The summed E-state index contributed by atoms with van der Waals surface area (Å²) in [5.74, 6) is -0.269. The zero-order valence-corrected chi connectivity index (χ0v) is 12.4. The molecular weight excluding hydrogens is 258 g/mol. The van der Waals surface area contributed by atoms with Gasteiger partial charge < -0.3 is 14.4 Å². The van der Waals surface area contributed by atoms with Crippen LogP contribution in [0.4, 0.5) is 4.79 Å². The predicted octanol–water partition coefficient (Wildman–Crippen LogP) is 2.76. The highest BCUT2D eigenvalue weighted by molar-refractivity contribution is 6.19. The summed E-state index contributed by atoms with van der Waals surface area (Å²) in [4.78, 5) is 24.1. The van der Waals surface area contributed by atoms with E-state index in [1.165, 1.54) is 4.90 Å². The van der Waals surface area contributed by atoms with Crippen LogP contribution in [0.5, 0.6) is 0 Å². The van der Waals surface area contributed by atoms with E-state index in [1.807, 2.05) is 20.8 Å². The average Bonchev–Trinajstić information content (AvgIpc) is 2.13. The summed E-state index contributed by atoms with van der Waals surface area (Å²) in [6.45, 7) is 7.43. The van der Waals surface area contributed by atoms with Gasteiger partial charge in [-0.2, -0.15) is 0 Å². The molecular formula is C12H22ClNO4. The zero-order chi connectivity index (χ0) is 14.3. The Labute approximate surface area is 113 Å². The molecule has 106 valence electrons. The first kappa shape index (κ1) is 17.0. The lowest BCUT2D eigenvalue weighted by Crippen LogP contribution is -2.30. The van der Waals surface area contributed by atoms with Crippen molar-refractivity contribution in [1.29, 1.82) is 0 Å². The Morgan fingerprint density at radius 1 is 1.33 bits per heavy atom. The molecule has 0 aromatic heterocycles. The third-order valence-electron chi connectivity index (χ3n) is 1.87. The molecule has 1 unspecified atom stereocenters. The van der Waals surface area contributed by atoms with E-state index in [2.05, 4.69) is 0 Å². The van der Waals surface area contributed by atoms with Crippen molar-refractivity contribution in [2.75, 3.05) is 13.6 Å². The Kier molecular flexibility index (Phi) is 7.06. The van der Waals surface area contributed by atoms with Crippen LogP contribution in [-0.4, -0.2) is 41.7 Å². The second kappa shape index (κ2) is 7.46. The number of ether oxygens (including phenoxy) is 2. The highest BCUT2D eigenvalue weighted by Crippen LogP contribution is 2.09. The van der Waals surface area contributed by atoms with Gasteiger partial charge in [0.1, 0.15) is 5.60 Å². The van der Waals surface area contributed by atoms with E-state index in [0.717, 1.165) is 0 Å². The summed E-state index contributed by atoms with van der Waals surface area (Å²) < 4.78 is 9.94. The maximum absolute atomic E-state index is 11.4. The SMILES string of the molecule is CC(Cl)OC(=O)N(C)CCCC(=O)OC(C)(C)C. The molecule has 0 N–H and O–H groups in total. The second-order valence-corrected chi connectivity index (χ2v) is 5.65. The number of rotatable bonds is 5. The number of amides is 1. The average molecular weight is 280 g/mol. The van der Waals surface area contributed by atoms with Crippen molar-refractivity contribution < 1.29 is 19.1 Å². The van der Waals surface area contributed by atoms with Crippen LogP contribution in [0.2, 0.25) is 0 Å². The molecule has 0 fully saturated rings. The highest BCUT2D eigenvalue weighted by Gasteiger charge is 2.17. The Hall–Kier alpha value is -0.970. The van der Waals surface area contributed by atoms with Gasteiger partial charge in [-0.05, 0) is 34.1 Å². The molecule has 18 heavy (non-hydrogen) atoms. The lowest BCUT2D eigenvalue weighted by molar-refractivity contribution is -0.154. The first-order chi connectivity index (χ1) is 8.11. The number of esters is 1. The van der Waals surface area contributed by atoms with Crippen molar-refractivity contribution >= 4 is 23.7 Å². The largest absolute Gasteiger partial charge is 0.460 e. The highest BCUT2D eigenvalue weighted by atomic mass is 35.5. The number of carbonyl (C=O) groups excluding carboxylic acids is 2. The van der Waals surface area contributed by atoms with Crippen LogP contribution in [0.1, 0.15) is 40.5 Å². The maximum atomic E-state index is 11.4. The quantitative estimate of drug-likeness (QED) is 0.574. The summed E-state index contributed by atoms with van der Waals surface area (Å²) >= 11 is 5.53. The lowest BCUT2D eigenvalue weighted by Gasteiger charge is -2.20. The summed E-state index contributed by atoms with van der Waals surface area (Å²) in [6.07, 6.45) is 0.296. The summed E-state index contributed by atoms with van der Waals surface area (Å²) in [5.41, 5.74) is -1.14. The van der Waals surface area contributed by atoms with E-state index < -0.39 is 17.3 Å². The van der Waals surface area contributed by atoms with Gasteiger partial charge in [0.05, 0.1) is 0 Å². The zero-order valence-electron chi connectivity index (χ0n) is 11.7. The van der Waals surface area contributed by atoms with Gasteiger partial charge >= 0.3 is 12.1 Å². The number of hydrogen-bond acceptors (Lipinski definition) is 4. The molecule has 5 nitrogen and oxygen atoms in total. The molecule has 0 saturated carbocycles. The number of carbonyl (C=O) groups is 2. The molecule has 0 radical (unpaired) electrons. The number of alkyl halides is 1. The van der Waals surface area contributed by atoms with Crippen molar-refractivity contribution in [3.63, 3.8) is 0 Å². The molecule has 0 bridgehead atoms. The molecule has 0 rings (SSSR count). The van der Waals surface area contributed by atoms with Gasteiger partial charge in [0.25, 0.3) is 0 Å². The Morgan fingerprint density at radius 3 is 2.33 bits per heavy atom. The fraction of sp³-hybridized carbons (Fsp3) is 0.833. The summed E-state index contributed by atoms with van der Waals surface area (Å²) in [7, 11) is 1.59. The van der Waals surface area contributed by atoms with Gasteiger partial charge in [-0.1, -0.05) is 11.6 Å². The normalized spacial score (nSPS) is 12.8. The van der Waals surface area contributed by atoms with Crippen LogP contribution < -0.4 is 0 Å². The van der Waals surface area contributed by atoms with Crippen LogP contribution in [0, 0.1) is 0 Å². The molecule has 0 aliphatic heterocycles. The van der Waals surface area contributed by atoms with Crippen molar-refractivity contribution in [3.8, 4) is 0 Å². The minimum atomic E-state index is -0.661. The minimum Gasteiger partial charge on any atom is -0.460 e. The van der Waals surface area contributed by atoms with E-state index in [1.54, 1.807) is 14.0 Å². The molecule has 1 amide bonds. The molecule has 0 saturated heterocycles. The summed E-state index contributed by atoms with van der Waals surface area (Å²) in [6, 6.07) is 0. The fourth-order valence-electron chi connectivity index (χ4n) is 1.17. The first-order valence-corrected chi connectivity index (χ1v) is 6.33. The minimum absolute atomic E-state index is 0.269. The van der Waals surface area contributed by atoms with Crippen LogP contribution >= 0.6 is 11.6 Å². The molecule has 1 atom stereocenters. The van der Waals surface area contributed by atoms with Crippen LogP contribution in [0.15, 0.2) is 0 Å². The Morgan fingerprint density at radius 2 is 1.89 bits per heavy atom. The first-order valence-electron chi connectivity index (χ1n) is 5.89. The van der Waals surface area contributed by atoms with Gasteiger partial charge in [-0.25, -0.2) is 4.79 Å². The molecule has 0 heterocycles. The number of halogens is 1. The van der Waals surface area contributed by atoms with Gasteiger partial charge in [0.2, 0.25) is 0 Å². The Bertz CT molecular complexity index is 286. The van der Waals surface area contributed by atoms with Gasteiger partial charge in [-0.15, -0.1) is 0 Å². The van der Waals surface area contributed by atoms with E-state index in [4.69, 9.17) is 21.1 Å². The smallest absolute Gasteiger partial charge is 0.410 e. The van der Waals surface area contributed by atoms with E-state index in [9.17, 15) is 9.59 Å². The van der Waals surface area contributed by atoms with Gasteiger partial charge in [-0.3, -0.25) is 4.79 Å². The predicted molar refractivity (Wildman–Crippen MR) is 69.5 cm³/mol. The number of hydrogen-bond donors (Lipinski definition) is 0. The van der Waals surface area contributed by atoms with E-state index >= 15 is 0 Å². The topological polar surface area (TPSA) is 55.8 Å². The molecule has 0 aromatic rings. The van der Waals surface area contributed by atoms with Crippen molar-refractivity contribution in [1.82, 2.24) is 4.90 Å². The molecule has 0 aromatic carbocycles. The van der Waals surface area contributed by atoms with Crippen molar-refractivity contribution in [3.05, 3.63) is 0 Å². The van der Waals surface area contributed by atoms with Crippen LogP contribution in [0.25, 0.3) is 0 Å². The van der Waals surface area contributed by atoms with Crippen LogP contribution in [0.3, 0.4) is 0 Å². The Balaban J connectivity index is 3.84. The molecule has 0 aliphatic carbocycles. The van der Waals surface area contributed by atoms with Crippen LogP contribution in [-0.2, 0) is 14.3 Å². The van der Waals surface area contributed by atoms with E-state index in [0.29, 0.717) is 13.0 Å². The third kappa shape index (κ3) is 9.10. The van der Waals surface area contributed by atoms with Gasteiger partial charge in [0, 0.05) is 20.0 Å². The van der Waals surface area contributed by atoms with E-state index in [-0.39, 0.29) is 12.4 Å². The second-order valence-electron chi connectivity index (χ2n) is 5.04. The maximum Gasteiger partial charge on any atom is 0.410 e. The molecule has 6 heteroatoms. The molecule has 0 aliphatic rings. The number of nitrogens with zero attached hydrogens (tertiary/aromatic N) is 1. The summed E-state index contributed by atoms with van der Waals surface area (Å²) in [5, 5.41) is 0. The molecule has 0 spiro atoms. The fourth-order valence-corrected chi connectivity index (χ4v) is 1.25. The standard InChI is InChI=1S/C12H22ClNO4/c1-9(13)17-11(16)14(5)8-6-7-10(15)18-12(2,3)4/h9H,6-8H2,1-5H3. The van der Waals surface area contributed by atoms with Crippen molar-refractivity contribution in [2.24, 2.45) is 0 Å². The van der Waals surface area contributed by atoms with Crippen molar-refractivity contribution in [2.45, 2.75) is 51.7 Å². The monoisotopic (exact) mass is 279 g/mol.